The van der Waals surface area contributed by atoms with E-state index in [0.717, 1.165) is 39.1 Å². The molecule has 1 aliphatic carbocycles. The number of allylic oxidation sites excluding steroid dienone is 2. The van der Waals surface area contributed by atoms with Crippen LogP contribution in [0.25, 0.3) is 5.57 Å². The van der Waals surface area contributed by atoms with Gasteiger partial charge >= 0.3 is 0 Å². The highest BCUT2D eigenvalue weighted by molar-refractivity contribution is 9.10. The minimum Gasteiger partial charge on any atom is -0.454 e. The first-order valence-corrected chi connectivity index (χ1v) is 8.37. The molecule has 0 fully saturated rings. The van der Waals surface area contributed by atoms with E-state index in [9.17, 15) is 4.79 Å². The largest absolute Gasteiger partial charge is 0.454 e. The Morgan fingerprint density at radius 2 is 1.87 bits per heavy atom. The maximum Gasteiger partial charge on any atom is 0.231 e. The Hall–Kier alpha value is -2.07. The SMILES string of the molecule is O=C1C=C(c2cccc(Br)c2)C[C@@H](c2ccc3c(c2)OCO3)C1. The molecule has 4 heteroatoms. The molecule has 1 atom stereocenters. The van der Waals surface area contributed by atoms with Crippen LogP contribution in [0.3, 0.4) is 0 Å². The van der Waals surface area contributed by atoms with Gasteiger partial charge in [0.2, 0.25) is 6.79 Å². The topological polar surface area (TPSA) is 35.5 Å². The number of rotatable bonds is 2. The third kappa shape index (κ3) is 2.91. The molecule has 0 unspecified atom stereocenters. The van der Waals surface area contributed by atoms with Crippen molar-refractivity contribution in [1.29, 1.82) is 0 Å². The first kappa shape index (κ1) is 14.5. The summed E-state index contributed by atoms with van der Waals surface area (Å²) in [5.74, 6) is 1.90. The van der Waals surface area contributed by atoms with E-state index in [4.69, 9.17) is 9.47 Å². The molecule has 3 nitrogen and oxygen atoms in total. The number of ether oxygens (including phenoxy) is 2. The van der Waals surface area contributed by atoms with Crippen LogP contribution >= 0.6 is 15.9 Å². The van der Waals surface area contributed by atoms with E-state index >= 15 is 0 Å². The number of halogens is 1. The molecule has 0 radical (unpaired) electrons. The van der Waals surface area contributed by atoms with Crippen LogP contribution in [0.5, 0.6) is 11.5 Å². The average molecular weight is 371 g/mol. The molecule has 23 heavy (non-hydrogen) atoms. The summed E-state index contributed by atoms with van der Waals surface area (Å²) in [6, 6.07) is 14.1. The van der Waals surface area contributed by atoms with Crippen molar-refractivity contribution in [3.8, 4) is 11.5 Å². The van der Waals surface area contributed by atoms with Gasteiger partial charge in [0.15, 0.2) is 17.3 Å². The molecule has 0 saturated heterocycles. The van der Waals surface area contributed by atoms with Crippen molar-refractivity contribution in [1.82, 2.24) is 0 Å². The minimum absolute atomic E-state index is 0.175. The number of benzene rings is 2. The van der Waals surface area contributed by atoms with Crippen molar-refractivity contribution >= 4 is 27.3 Å². The summed E-state index contributed by atoms with van der Waals surface area (Å²) < 4.78 is 11.8. The molecule has 116 valence electrons. The lowest BCUT2D eigenvalue weighted by Crippen LogP contribution is -2.12. The zero-order valence-corrected chi connectivity index (χ0v) is 14.0. The number of hydrogen-bond donors (Lipinski definition) is 0. The van der Waals surface area contributed by atoms with Crippen molar-refractivity contribution in [2.75, 3.05) is 6.79 Å². The Morgan fingerprint density at radius 1 is 1.00 bits per heavy atom. The van der Waals surface area contributed by atoms with Crippen LogP contribution in [-0.2, 0) is 4.79 Å². The summed E-state index contributed by atoms with van der Waals surface area (Å²) in [6.07, 6.45) is 3.17. The summed E-state index contributed by atoms with van der Waals surface area (Å²) in [5.41, 5.74) is 3.31. The normalized spacial score (nSPS) is 19.6. The Kier molecular flexibility index (Phi) is 3.69. The van der Waals surface area contributed by atoms with E-state index in [-0.39, 0.29) is 18.5 Å². The van der Waals surface area contributed by atoms with Gasteiger partial charge in [-0.1, -0.05) is 34.1 Å². The molecular weight excluding hydrogens is 356 g/mol. The number of carbonyl (C=O) groups excluding carboxylic acids is 1. The second-order valence-electron chi connectivity index (χ2n) is 5.86. The van der Waals surface area contributed by atoms with Crippen LogP contribution in [-0.4, -0.2) is 12.6 Å². The Balaban J connectivity index is 1.64. The highest BCUT2D eigenvalue weighted by atomic mass is 79.9. The maximum absolute atomic E-state index is 12.2. The van der Waals surface area contributed by atoms with Crippen molar-refractivity contribution < 1.29 is 14.3 Å². The number of carbonyl (C=O) groups is 1. The minimum atomic E-state index is 0.175. The lowest BCUT2D eigenvalue weighted by Gasteiger charge is -2.23. The molecular formula is C19H15BrO3. The van der Waals surface area contributed by atoms with Gasteiger partial charge in [-0.15, -0.1) is 0 Å². The Bertz CT molecular complexity index is 810. The molecule has 1 aliphatic heterocycles. The van der Waals surface area contributed by atoms with Crippen LogP contribution in [0, 0.1) is 0 Å². The van der Waals surface area contributed by atoms with E-state index in [1.807, 2.05) is 36.4 Å². The van der Waals surface area contributed by atoms with Gasteiger partial charge in [-0.05, 0) is 59.4 Å². The quantitative estimate of drug-likeness (QED) is 0.767. The molecule has 0 amide bonds. The molecule has 1 heterocycles. The van der Waals surface area contributed by atoms with Gasteiger partial charge in [-0.2, -0.15) is 0 Å². The molecule has 0 aromatic heterocycles. The lowest BCUT2D eigenvalue weighted by atomic mass is 9.81. The fraction of sp³-hybridized carbons (Fsp3) is 0.211. The maximum atomic E-state index is 12.2. The molecule has 0 bridgehead atoms. The van der Waals surface area contributed by atoms with Gasteiger partial charge in [0.25, 0.3) is 0 Å². The summed E-state index contributed by atoms with van der Waals surface area (Å²) in [7, 11) is 0. The lowest BCUT2D eigenvalue weighted by molar-refractivity contribution is -0.115. The molecule has 0 saturated carbocycles. The summed E-state index contributed by atoms with van der Waals surface area (Å²) in [5, 5.41) is 0. The van der Waals surface area contributed by atoms with Crippen LogP contribution in [0.2, 0.25) is 0 Å². The average Bonchev–Trinajstić information content (AvgIpc) is 3.02. The van der Waals surface area contributed by atoms with E-state index in [0.29, 0.717) is 6.42 Å². The highest BCUT2D eigenvalue weighted by Gasteiger charge is 2.25. The fourth-order valence-corrected chi connectivity index (χ4v) is 3.58. The second-order valence-corrected chi connectivity index (χ2v) is 6.78. The molecule has 2 aliphatic rings. The summed E-state index contributed by atoms with van der Waals surface area (Å²) in [6.45, 7) is 0.269. The Morgan fingerprint density at radius 3 is 2.74 bits per heavy atom. The van der Waals surface area contributed by atoms with Gasteiger partial charge in [-0.25, -0.2) is 0 Å². The van der Waals surface area contributed by atoms with E-state index in [1.165, 1.54) is 0 Å². The molecule has 0 spiro atoms. The number of hydrogen-bond acceptors (Lipinski definition) is 3. The number of ketones is 1. The zero-order chi connectivity index (χ0) is 15.8. The first-order chi connectivity index (χ1) is 11.2. The van der Waals surface area contributed by atoms with Crippen molar-refractivity contribution in [3.05, 3.63) is 64.1 Å². The van der Waals surface area contributed by atoms with Crippen molar-refractivity contribution in [3.63, 3.8) is 0 Å². The summed E-state index contributed by atoms with van der Waals surface area (Å²) in [4.78, 5) is 12.2. The van der Waals surface area contributed by atoms with Gasteiger partial charge in [0, 0.05) is 10.9 Å². The third-order valence-electron chi connectivity index (χ3n) is 4.31. The smallest absolute Gasteiger partial charge is 0.231 e. The predicted octanol–water partition coefficient (Wildman–Crippen LogP) is 4.71. The van der Waals surface area contributed by atoms with Crippen LogP contribution < -0.4 is 9.47 Å². The number of fused-ring (bicyclic) bond motifs is 1. The third-order valence-corrected chi connectivity index (χ3v) is 4.81. The Labute approximate surface area is 143 Å². The summed E-state index contributed by atoms with van der Waals surface area (Å²) >= 11 is 3.50. The van der Waals surface area contributed by atoms with Gasteiger partial charge < -0.3 is 9.47 Å². The first-order valence-electron chi connectivity index (χ1n) is 7.58. The highest BCUT2D eigenvalue weighted by Crippen LogP contribution is 2.40. The standard InChI is InChI=1S/C19H15BrO3/c20-16-3-1-2-12(7-16)14-6-15(9-17(21)8-14)13-4-5-18-19(10-13)23-11-22-18/h1-5,7-8,10,15H,6,9,11H2/t15-/m1/s1. The van der Waals surface area contributed by atoms with Gasteiger partial charge in [-0.3, -0.25) is 4.79 Å². The molecule has 4 rings (SSSR count). The van der Waals surface area contributed by atoms with E-state index in [2.05, 4.69) is 22.0 Å². The fourth-order valence-electron chi connectivity index (χ4n) is 3.18. The van der Waals surface area contributed by atoms with Crippen LogP contribution in [0.1, 0.15) is 29.9 Å². The molecule has 0 N–H and O–H groups in total. The van der Waals surface area contributed by atoms with Gasteiger partial charge in [0.1, 0.15) is 0 Å². The van der Waals surface area contributed by atoms with E-state index in [1.54, 1.807) is 6.08 Å². The van der Waals surface area contributed by atoms with Crippen LogP contribution in [0.4, 0.5) is 0 Å². The van der Waals surface area contributed by atoms with Crippen molar-refractivity contribution in [2.45, 2.75) is 18.8 Å². The predicted molar refractivity (Wildman–Crippen MR) is 91.7 cm³/mol. The van der Waals surface area contributed by atoms with Crippen LogP contribution in [0.15, 0.2) is 53.0 Å². The second kappa shape index (κ2) is 5.85. The zero-order valence-electron chi connectivity index (χ0n) is 12.4. The van der Waals surface area contributed by atoms with E-state index < -0.39 is 0 Å². The molecule has 2 aromatic rings. The van der Waals surface area contributed by atoms with Crippen molar-refractivity contribution in [2.24, 2.45) is 0 Å². The molecule has 2 aromatic carbocycles. The van der Waals surface area contributed by atoms with Gasteiger partial charge in [0.05, 0.1) is 0 Å². The monoisotopic (exact) mass is 370 g/mol.